The number of carbonyl (C=O) groups excluding carboxylic acids is 1. The largest absolute Gasteiger partial charge is 0.496 e. The second-order valence-corrected chi connectivity index (χ2v) is 6.16. The van der Waals surface area contributed by atoms with Gasteiger partial charge in [0.25, 0.3) is 5.91 Å². The van der Waals surface area contributed by atoms with Crippen molar-refractivity contribution >= 4 is 17.5 Å². The highest BCUT2D eigenvalue weighted by atomic mass is 35.5. The van der Waals surface area contributed by atoms with E-state index in [1.165, 1.54) is 14.2 Å². The Morgan fingerprint density at radius 3 is 2.20 bits per heavy atom. The van der Waals surface area contributed by atoms with Gasteiger partial charge >= 0.3 is 0 Å². The van der Waals surface area contributed by atoms with E-state index in [4.69, 9.17) is 21.1 Å². The summed E-state index contributed by atoms with van der Waals surface area (Å²) in [6.07, 6.45) is 0. The fourth-order valence-electron chi connectivity index (χ4n) is 2.67. The lowest BCUT2D eigenvalue weighted by Gasteiger charge is -2.26. The first-order chi connectivity index (χ1) is 12.0. The van der Waals surface area contributed by atoms with Crippen LogP contribution in [0.1, 0.15) is 22.0 Å². The Bertz CT molecular complexity index is 712. The fourth-order valence-corrected chi connectivity index (χ4v) is 2.93. The summed E-state index contributed by atoms with van der Waals surface area (Å²) in [5, 5.41) is 3.63. The van der Waals surface area contributed by atoms with E-state index >= 15 is 0 Å². The number of likely N-dealkylation sites (N-methyl/N-ethyl adjacent to an activating group) is 1. The van der Waals surface area contributed by atoms with Gasteiger partial charge in [0.15, 0.2) is 0 Å². The van der Waals surface area contributed by atoms with E-state index in [1.807, 2.05) is 43.3 Å². The van der Waals surface area contributed by atoms with Gasteiger partial charge in [0.1, 0.15) is 17.1 Å². The van der Waals surface area contributed by atoms with E-state index in [1.54, 1.807) is 18.2 Å². The average Bonchev–Trinajstić information content (AvgIpc) is 2.62. The lowest BCUT2D eigenvalue weighted by atomic mass is 10.1. The van der Waals surface area contributed by atoms with E-state index in [-0.39, 0.29) is 11.9 Å². The van der Waals surface area contributed by atoms with Crippen molar-refractivity contribution in [1.82, 2.24) is 10.2 Å². The number of rotatable bonds is 7. The lowest BCUT2D eigenvalue weighted by Crippen LogP contribution is -2.35. The van der Waals surface area contributed by atoms with Crippen LogP contribution in [0.25, 0.3) is 0 Å². The van der Waals surface area contributed by atoms with Crippen LogP contribution in [0.5, 0.6) is 11.5 Å². The molecule has 1 amide bonds. The minimum atomic E-state index is -0.256. The molecule has 0 heterocycles. The molecule has 1 N–H and O–H groups in total. The van der Waals surface area contributed by atoms with Crippen molar-refractivity contribution in [3.63, 3.8) is 0 Å². The minimum absolute atomic E-state index is 0.0571. The predicted molar refractivity (Wildman–Crippen MR) is 99.8 cm³/mol. The van der Waals surface area contributed by atoms with Crippen molar-refractivity contribution in [2.24, 2.45) is 0 Å². The number of hydrogen-bond acceptors (Lipinski definition) is 4. The normalized spacial score (nSPS) is 11.9. The standard InChI is InChI=1S/C19H23ClN2O3/c1-22(2)15(13-8-5-6-9-14(13)20)12-21-19(23)18-16(24-3)10-7-11-17(18)25-4/h5-11,15H,12H2,1-4H3,(H,21,23). The minimum Gasteiger partial charge on any atom is -0.496 e. The molecular weight excluding hydrogens is 340 g/mol. The zero-order valence-corrected chi connectivity index (χ0v) is 15.6. The van der Waals surface area contributed by atoms with Crippen LogP contribution in [0.2, 0.25) is 5.02 Å². The average molecular weight is 363 g/mol. The Morgan fingerprint density at radius 2 is 1.68 bits per heavy atom. The number of hydrogen-bond donors (Lipinski definition) is 1. The van der Waals surface area contributed by atoms with Gasteiger partial charge in [0.2, 0.25) is 0 Å². The van der Waals surface area contributed by atoms with Gasteiger partial charge in [0.05, 0.1) is 20.3 Å². The van der Waals surface area contributed by atoms with Gasteiger partial charge < -0.3 is 19.7 Å². The molecule has 6 heteroatoms. The SMILES string of the molecule is COc1cccc(OC)c1C(=O)NCC(c1ccccc1Cl)N(C)C. The second kappa shape index (κ2) is 8.74. The molecule has 2 rings (SSSR count). The summed E-state index contributed by atoms with van der Waals surface area (Å²) in [5.41, 5.74) is 1.34. The zero-order chi connectivity index (χ0) is 18.4. The number of methoxy groups -OCH3 is 2. The van der Waals surface area contributed by atoms with Gasteiger partial charge in [0, 0.05) is 11.6 Å². The number of ether oxygens (including phenoxy) is 2. The van der Waals surface area contributed by atoms with Crippen LogP contribution in [0.4, 0.5) is 0 Å². The summed E-state index contributed by atoms with van der Waals surface area (Å²) in [4.78, 5) is 14.7. The van der Waals surface area contributed by atoms with Crippen LogP contribution in [0, 0.1) is 0 Å². The molecule has 0 radical (unpaired) electrons. The molecule has 134 valence electrons. The summed E-state index contributed by atoms with van der Waals surface area (Å²) in [6.45, 7) is 0.400. The first-order valence-electron chi connectivity index (χ1n) is 7.89. The van der Waals surface area contributed by atoms with Crippen LogP contribution >= 0.6 is 11.6 Å². The third-order valence-corrected chi connectivity index (χ3v) is 4.34. The van der Waals surface area contributed by atoms with Crippen LogP contribution in [0.3, 0.4) is 0 Å². The van der Waals surface area contributed by atoms with Gasteiger partial charge in [-0.1, -0.05) is 35.9 Å². The molecule has 0 aliphatic carbocycles. The van der Waals surface area contributed by atoms with E-state index in [0.29, 0.717) is 28.6 Å². The molecule has 0 saturated heterocycles. The quantitative estimate of drug-likeness (QED) is 0.820. The van der Waals surface area contributed by atoms with Crippen molar-refractivity contribution in [2.75, 3.05) is 34.9 Å². The maximum atomic E-state index is 12.7. The molecule has 5 nitrogen and oxygen atoms in total. The molecule has 1 atom stereocenters. The predicted octanol–water partition coefficient (Wildman–Crippen LogP) is 3.39. The van der Waals surface area contributed by atoms with Gasteiger partial charge in [-0.05, 0) is 37.9 Å². The Morgan fingerprint density at radius 1 is 1.08 bits per heavy atom. The van der Waals surface area contributed by atoms with Crippen LogP contribution in [-0.4, -0.2) is 45.7 Å². The smallest absolute Gasteiger partial charge is 0.258 e. The number of nitrogens with zero attached hydrogens (tertiary/aromatic N) is 1. The number of halogens is 1. The highest BCUT2D eigenvalue weighted by Gasteiger charge is 2.21. The Balaban J connectivity index is 2.22. The molecule has 0 bridgehead atoms. The first-order valence-corrected chi connectivity index (χ1v) is 8.27. The number of nitrogens with one attached hydrogen (secondary N) is 1. The maximum absolute atomic E-state index is 12.7. The fraction of sp³-hybridized carbons (Fsp3) is 0.316. The van der Waals surface area contributed by atoms with Gasteiger partial charge in [-0.25, -0.2) is 0 Å². The van der Waals surface area contributed by atoms with Gasteiger partial charge in [-0.3, -0.25) is 4.79 Å². The second-order valence-electron chi connectivity index (χ2n) is 5.75. The summed E-state index contributed by atoms with van der Waals surface area (Å²) in [6, 6.07) is 12.8. The highest BCUT2D eigenvalue weighted by molar-refractivity contribution is 6.31. The van der Waals surface area contributed by atoms with Crippen molar-refractivity contribution in [3.8, 4) is 11.5 Å². The first kappa shape index (κ1) is 19.1. The molecule has 0 fully saturated rings. The van der Waals surface area contributed by atoms with Crippen LogP contribution in [-0.2, 0) is 0 Å². The molecule has 2 aromatic carbocycles. The summed E-state index contributed by atoms with van der Waals surface area (Å²) in [7, 11) is 6.95. The molecule has 0 saturated carbocycles. The van der Waals surface area contributed by atoms with Crippen molar-refractivity contribution < 1.29 is 14.3 Å². The molecule has 0 aliphatic rings. The third kappa shape index (κ3) is 4.44. The molecule has 25 heavy (non-hydrogen) atoms. The zero-order valence-electron chi connectivity index (χ0n) is 14.9. The third-order valence-electron chi connectivity index (χ3n) is 4.00. The number of carbonyl (C=O) groups is 1. The van der Waals surface area contributed by atoms with Crippen molar-refractivity contribution in [3.05, 3.63) is 58.6 Å². The van der Waals surface area contributed by atoms with Crippen LogP contribution < -0.4 is 14.8 Å². The topological polar surface area (TPSA) is 50.8 Å². The Hall–Kier alpha value is -2.24. The highest BCUT2D eigenvalue weighted by Crippen LogP contribution is 2.29. The van der Waals surface area contributed by atoms with Gasteiger partial charge in [-0.2, -0.15) is 0 Å². The molecule has 0 aliphatic heterocycles. The molecule has 1 unspecified atom stereocenters. The van der Waals surface area contributed by atoms with Crippen LogP contribution in [0.15, 0.2) is 42.5 Å². The molecule has 2 aromatic rings. The summed E-state index contributed by atoms with van der Waals surface area (Å²) < 4.78 is 10.6. The van der Waals surface area contributed by atoms with E-state index in [9.17, 15) is 4.79 Å². The van der Waals surface area contributed by atoms with Crippen molar-refractivity contribution in [1.29, 1.82) is 0 Å². The Kier molecular flexibility index (Phi) is 6.67. The number of benzene rings is 2. The molecule has 0 aromatic heterocycles. The molecular formula is C19H23ClN2O3. The van der Waals surface area contributed by atoms with E-state index in [2.05, 4.69) is 5.32 Å². The monoisotopic (exact) mass is 362 g/mol. The molecule has 0 spiro atoms. The van der Waals surface area contributed by atoms with Gasteiger partial charge in [-0.15, -0.1) is 0 Å². The number of amides is 1. The van der Waals surface area contributed by atoms with E-state index < -0.39 is 0 Å². The summed E-state index contributed by atoms with van der Waals surface area (Å²) >= 11 is 6.31. The Labute approximate surface area is 153 Å². The lowest BCUT2D eigenvalue weighted by molar-refractivity contribution is 0.0935. The van der Waals surface area contributed by atoms with Crippen molar-refractivity contribution in [2.45, 2.75) is 6.04 Å². The summed E-state index contributed by atoms with van der Waals surface area (Å²) in [5.74, 6) is 0.681. The maximum Gasteiger partial charge on any atom is 0.258 e. The van der Waals surface area contributed by atoms with E-state index in [0.717, 1.165) is 5.56 Å².